The van der Waals surface area contributed by atoms with E-state index < -0.39 is 0 Å². The summed E-state index contributed by atoms with van der Waals surface area (Å²) in [4.78, 5) is 17.4. The highest BCUT2D eigenvalue weighted by atomic mass is 35.5. The molecule has 0 saturated heterocycles. The first-order valence-corrected chi connectivity index (χ1v) is 11.0. The molecule has 4 aromatic rings. The van der Waals surface area contributed by atoms with Crippen molar-refractivity contribution in [2.45, 2.75) is 26.2 Å². The molecule has 0 radical (unpaired) electrons. The monoisotopic (exact) mass is 460 g/mol. The third-order valence-corrected chi connectivity index (χ3v) is 5.83. The molecular weight excluding hydrogens is 440 g/mol. The van der Waals surface area contributed by atoms with E-state index in [4.69, 9.17) is 16.3 Å². The van der Waals surface area contributed by atoms with Gasteiger partial charge in [0, 0.05) is 34.1 Å². The molecule has 1 unspecified atom stereocenters. The summed E-state index contributed by atoms with van der Waals surface area (Å²) >= 11 is 6.01. The first-order valence-electron chi connectivity index (χ1n) is 10.6. The van der Waals surface area contributed by atoms with Crippen LogP contribution in [0.25, 0.3) is 17.2 Å². The Bertz CT molecular complexity index is 1340. The zero-order valence-corrected chi connectivity index (χ0v) is 18.9. The standard InChI is InChI=1S/C24H21ClN6O2/c1-3-33-20-7-5-4-6-17(20)18-12-21(32)28-23-22(18)14(2)30-31(23)24-27-19(13-26-29-24)15-8-10-16(25)11-9-15/h4-11,13,18H,3,12H2,1-2H3,(H,28,32). The van der Waals surface area contributed by atoms with Gasteiger partial charge in [0.1, 0.15) is 11.6 Å². The minimum Gasteiger partial charge on any atom is -0.494 e. The highest BCUT2D eigenvalue weighted by Crippen LogP contribution is 2.42. The van der Waals surface area contributed by atoms with Gasteiger partial charge in [-0.3, -0.25) is 4.79 Å². The first-order chi connectivity index (χ1) is 16.0. The van der Waals surface area contributed by atoms with Gasteiger partial charge >= 0.3 is 0 Å². The van der Waals surface area contributed by atoms with Crippen molar-refractivity contribution in [3.8, 4) is 23.0 Å². The second kappa shape index (κ2) is 8.63. The Morgan fingerprint density at radius 1 is 1.18 bits per heavy atom. The molecule has 0 spiro atoms. The van der Waals surface area contributed by atoms with Gasteiger partial charge in [-0.05, 0) is 32.0 Å². The van der Waals surface area contributed by atoms with Gasteiger partial charge in [-0.25, -0.2) is 4.98 Å². The van der Waals surface area contributed by atoms with Crippen molar-refractivity contribution in [1.82, 2.24) is 25.0 Å². The van der Waals surface area contributed by atoms with Gasteiger partial charge < -0.3 is 10.1 Å². The van der Waals surface area contributed by atoms with Crippen molar-refractivity contribution in [2.75, 3.05) is 11.9 Å². The molecule has 0 saturated carbocycles. The molecule has 33 heavy (non-hydrogen) atoms. The molecule has 8 nitrogen and oxygen atoms in total. The number of aryl methyl sites for hydroxylation is 1. The van der Waals surface area contributed by atoms with E-state index in [9.17, 15) is 4.79 Å². The molecule has 1 N–H and O–H groups in total. The number of fused-ring (bicyclic) bond motifs is 1. The van der Waals surface area contributed by atoms with Gasteiger partial charge in [-0.1, -0.05) is 41.9 Å². The van der Waals surface area contributed by atoms with Crippen molar-refractivity contribution in [1.29, 1.82) is 0 Å². The average Bonchev–Trinajstić information content (AvgIpc) is 3.16. The number of halogens is 1. The van der Waals surface area contributed by atoms with Crippen molar-refractivity contribution >= 4 is 23.3 Å². The molecule has 1 aliphatic rings. The zero-order chi connectivity index (χ0) is 22.9. The first kappa shape index (κ1) is 21.1. The second-order valence-electron chi connectivity index (χ2n) is 7.68. The van der Waals surface area contributed by atoms with Crippen molar-refractivity contribution in [3.05, 3.63) is 76.6 Å². The summed E-state index contributed by atoms with van der Waals surface area (Å²) < 4.78 is 7.39. The third kappa shape index (κ3) is 3.93. The molecule has 2 aromatic carbocycles. The van der Waals surface area contributed by atoms with Crippen LogP contribution in [0.3, 0.4) is 0 Å². The third-order valence-electron chi connectivity index (χ3n) is 5.57. The fourth-order valence-corrected chi connectivity index (χ4v) is 4.28. The van der Waals surface area contributed by atoms with Crippen LogP contribution in [0.4, 0.5) is 5.82 Å². The molecule has 3 heterocycles. The number of carbonyl (C=O) groups excluding carboxylic acids is 1. The number of hydrogen-bond acceptors (Lipinski definition) is 6. The van der Waals surface area contributed by atoms with Crippen LogP contribution in [0, 0.1) is 6.92 Å². The van der Waals surface area contributed by atoms with E-state index in [0.29, 0.717) is 29.6 Å². The number of nitrogens with one attached hydrogen (secondary N) is 1. The van der Waals surface area contributed by atoms with E-state index in [1.807, 2.05) is 50.2 Å². The second-order valence-corrected chi connectivity index (χ2v) is 8.12. The molecule has 1 aliphatic heterocycles. The number of anilines is 1. The quantitative estimate of drug-likeness (QED) is 0.469. The van der Waals surface area contributed by atoms with Crippen LogP contribution >= 0.6 is 11.6 Å². The van der Waals surface area contributed by atoms with E-state index >= 15 is 0 Å². The number of ether oxygens (including phenoxy) is 1. The van der Waals surface area contributed by atoms with E-state index in [1.54, 1.807) is 23.0 Å². The summed E-state index contributed by atoms with van der Waals surface area (Å²) in [7, 11) is 0. The van der Waals surface area contributed by atoms with E-state index in [1.165, 1.54) is 0 Å². The highest BCUT2D eigenvalue weighted by Gasteiger charge is 2.34. The summed E-state index contributed by atoms with van der Waals surface area (Å²) in [6, 6.07) is 15.1. The molecule has 0 aliphatic carbocycles. The Balaban J connectivity index is 1.61. The van der Waals surface area contributed by atoms with Gasteiger partial charge in [-0.2, -0.15) is 14.9 Å². The Morgan fingerprint density at radius 2 is 1.97 bits per heavy atom. The van der Waals surface area contributed by atoms with E-state index in [0.717, 1.165) is 28.1 Å². The van der Waals surface area contributed by atoms with Crippen LogP contribution in [-0.2, 0) is 4.79 Å². The van der Waals surface area contributed by atoms with Crippen molar-refractivity contribution in [2.24, 2.45) is 0 Å². The molecule has 166 valence electrons. The molecule has 9 heteroatoms. The zero-order valence-electron chi connectivity index (χ0n) is 18.1. The predicted octanol–water partition coefficient (Wildman–Crippen LogP) is 4.56. The normalized spacial score (nSPS) is 15.1. The van der Waals surface area contributed by atoms with Gasteiger partial charge in [-0.15, -0.1) is 5.10 Å². The maximum absolute atomic E-state index is 12.7. The Labute approximate surface area is 195 Å². The number of aromatic nitrogens is 5. The summed E-state index contributed by atoms with van der Waals surface area (Å²) in [5, 5.41) is 16.6. The van der Waals surface area contributed by atoms with Crippen molar-refractivity contribution in [3.63, 3.8) is 0 Å². The highest BCUT2D eigenvalue weighted by molar-refractivity contribution is 6.30. The van der Waals surface area contributed by atoms with Crippen LogP contribution in [0.1, 0.15) is 36.1 Å². The van der Waals surface area contributed by atoms with Gasteiger partial charge in [0.25, 0.3) is 5.95 Å². The Kier molecular flexibility index (Phi) is 5.51. The molecular formula is C24H21ClN6O2. The van der Waals surface area contributed by atoms with Crippen molar-refractivity contribution < 1.29 is 9.53 Å². The molecule has 1 atom stereocenters. The van der Waals surface area contributed by atoms with E-state index in [-0.39, 0.29) is 17.8 Å². The summed E-state index contributed by atoms with van der Waals surface area (Å²) in [6.07, 6.45) is 1.88. The fraction of sp³-hybridized carbons (Fsp3) is 0.208. The lowest BCUT2D eigenvalue weighted by Crippen LogP contribution is -2.25. The Hall–Kier alpha value is -3.78. The average molecular weight is 461 g/mol. The smallest absolute Gasteiger partial charge is 0.272 e. The maximum atomic E-state index is 12.7. The topological polar surface area (TPSA) is 94.8 Å². The van der Waals surface area contributed by atoms with Gasteiger partial charge in [0.2, 0.25) is 5.91 Å². The predicted molar refractivity (Wildman–Crippen MR) is 125 cm³/mol. The lowest BCUT2D eigenvalue weighted by Gasteiger charge is -2.25. The van der Waals surface area contributed by atoms with E-state index in [2.05, 4.69) is 25.6 Å². The van der Waals surface area contributed by atoms with Crippen LogP contribution < -0.4 is 10.1 Å². The SMILES string of the molecule is CCOc1ccccc1C1CC(=O)Nc2c1c(C)nn2-c1nncc(-c2ccc(Cl)cc2)n1. The summed E-state index contributed by atoms with van der Waals surface area (Å²) in [5.74, 6) is 1.28. The number of para-hydroxylation sites is 1. The van der Waals surface area contributed by atoms with Crippen LogP contribution in [0.5, 0.6) is 5.75 Å². The number of benzene rings is 2. The number of amides is 1. The lowest BCUT2D eigenvalue weighted by atomic mass is 9.85. The van der Waals surface area contributed by atoms with Gasteiger partial charge in [0.05, 0.1) is 24.2 Å². The largest absolute Gasteiger partial charge is 0.494 e. The van der Waals surface area contributed by atoms with Crippen LogP contribution in [0.2, 0.25) is 5.02 Å². The molecule has 0 fully saturated rings. The molecule has 1 amide bonds. The summed E-state index contributed by atoms with van der Waals surface area (Å²) in [5.41, 5.74) is 4.12. The number of rotatable bonds is 5. The summed E-state index contributed by atoms with van der Waals surface area (Å²) in [6.45, 7) is 4.40. The van der Waals surface area contributed by atoms with Gasteiger partial charge in [0.15, 0.2) is 0 Å². The number of hydrogen-bond donors (Lipinski definition) is 1. The fourth-order valence-electron chi connectivity index (χ4n) is 4.16. The number of nitrogens with zero attached hydrogens (tertiary/aromatic N) is 5. The number of carbonyl (C=O) groups is 1. The van der Waals surface area contributed by atoms with Crippen LogP contribution in [0.15, 0.2) is 54.7 Å². The van der Waals surface area contributed by atoms with Crippen LogP contribution in [-0.4, -0.2) is 37.5 Å². The lowest BCUT2D eigenvalue weighted by molar-refractivity contribution is -0.116. The molecule has 0 bridgehead atoms. The minimum atomic E-state index is -0.197. The molecule has 5 rings (SSSR count). The minimum absolute atomic E-state index is 0.109. The maximum Gasteiger partial charge on any atom is 0.272 e. The molecule has 2 aromatic heterocycles. The Morgan fingerprint density at radius 3 is 2.76 bits per heavy atom.